The van der Waals surface area contributed by atoms with Crippen molar-refractivity contribution in [2.45, 2.75) is 103 Å². The second kappa shape index (κ2) is 10.6. The van der Waals surface area contributed by atoms with Gasteiger partial charge in [0.1, 0.15) is 12.1 Å². The molecule has 0 saturated heterocycles. The maximum absolute atomic E-state index is 12.7. The van der Waals surface area contributed by atoms with Crippen LogP contribution >= 0.6 is 0 Å². The summed E-state index contributed by atoms with van der Waals surface area (Å²) in [4.78, 5) is 58.9. The van der Waals surface area contributed by atoms with Crippen molar-refractivity contribution in [1.29, 1.82) is 0 Å². The van der Waals surface area contributed by atoms with E-state index in [2.05, 4.69) is 19.2 Å². The van der Waals surface area contributed by atoms with Crippen LogP contribution in [0.15, 0.2) is 11.6 Å². The minimum atomic E-state index is -1.31. The molecule has 1 amide bonds. The number of esters is 1. The van der Waals surface area contributed by atoms with Crippen LogP contribution in [0.4, 0.5) is 0 Å². The maximum Gasteiger partial charge on any atom is 0.326 e. The van der Waals surface area contributed by atoms with E-state index in [0.717, 1.165) is 44.9 Å². The summed E-state index contributed by atoms with van der Waals surface area (Å²) in [6.45, 7) is 4.59. The molecule has 0 bridgehead atoms. The van der Waals surface area contributed by atoms with Crippen molar-refractivity contribution in [3.63, 3.8) is 0 Å². The number of ether oxygens (including phenoxy) is 1. The molecule has 3 fully saturated rings. The van der Waals surface area contributed by atoms with Gasteiger partial charge in [-0.25, -0.2) is 4.79 Å². The molecular weight excluding hydrogens is 478 g/mol. The van der Waals surface area contributed by atoms with Gasteiger partial charge < -0.3 is 20.3 Å². The summed E-state index contributed by atoms with van der Waals surface area (Å²) >= 11 is 0. The minimum absolute atomic E-state index is 0.0958. The number of amides is 1. The lowest BCUT2D eigenvalue weighted by Crippen LogP contribution is -2.51. The summed E-state index contributed by atoms with van der Waals surface area (Å²) in [7, 11) is 0. The predicted octanol–water partition coefficient (Wildman–Crippen LogP) is 3.64. The number of fused-ring (bicyclic) bond motifs is 5. The SMILES string of the molecule is C[C@]12CC[C@@H]3[C@H](CCC4=CC(=O)CC[C@@]43C)[C@@H]1CC[C@@H]2OC(=O)CCC(=O)N[C@@H](CCC(=O)O)C(=O)O. The Kier molecular flexibility index (Phi) is 7.81. The van der Waals surface area contributed by atoms with E-state index in [9.17, 15) is 29.1 Å². The van der Waals surface area contributed by atoms with Crippen LogP contribution < -0.4 is 5.32 Å². The van der Waals surface area contributed by atoms with E-state index in [1.165, 1.54) is 5.57 Å². The monoisotopic (exact) mass is 517 g/mol. The van der Waals surface area contributed by atoms with E-state index in [0.29, 0.717) is 24.2 Å². The third-order valence-corrected chi connectivity index (χ3v) is 9.99. The van der Waals surface area contributed by atoms with Gasteiger partial charge in [0.2, 0.25) is 5.91 Å². The summed E-state index contributed by atoms with van der Waals surface area (Å²) in [5.74, 6) is -1.70. The molecule has 4 rings (SSSR count). The molecule has 0 unspecified atom stereocenters. The first-order chi connectivity index (χ1) is 17.4. The van der Waals surface area contributed by atoms with E-state index in [1.54, 1.807) is 0 Å². The normalized spacial score (nSPS) is 35.3. The molecule has 4 aliphatic carbocycles. The van der Waals surface area contributed by atoms with Gasteiger partial charge in [-0.3, -0.25) is 19.2 Å². The highest BCUT2D eigenvalue weighted by Gasteiger charge is 2.59. The van der Waals surface area contributed by atoms with Crippen LogP contribution in [-0.4, -0.2) is 52.0 Å². The second-order valence-electron chi connectivity index (χ2n) is 12.0. The van der Waals surface area contributed by atoms with E-state index in [-0.39, 0.29) is 48.4 Å². The third kappa shape index (κ3) is 5.46. The molecule has 0 heterocycles. The summed E-state index contributed by atoms with van der Waals surface area (Å²) in [5.41, 5.74) is 1.33. The Morgan fingerprint density at radius 3 is 2.46 bits per heavy atom. The van der Waals surface area contributed by atoms with Crippen molar-refractivity contribution in [3.8, 4) is 0 Å². The molecule has 3 saturated carbocycles. The van der Waals surface area contributed by atoms with Gasteiger partial charge in [0.05, 0.1) is 6.42 Å². The van der Waals surface area contributed by atoms with Crippen molar-refractivity contribution in [2.75, 3.05) is 0 Å². The zero-order chi connectivity index (χ0) is 27.0. The number of hydrogen-bond donors (Lipinski definition) is 3. The van der Waals surface area contributed by atoms with Crippen LogP contribution in [0.1, 0.15) is 90.9 Å². The van der Waals surface area contributed by atoms with E-state index in [1.807, 2.05) is 6.08 Å². The summed E-state index contributed by atoms with van der Waals surface area (Å²) in [6.07, 6.45) is 8.20. The molecule has 0 radical (unpaired) electrons. The van der Waals surface area contributed by atoms with Crippen LogP contribution in [0.3, 0.4) is 0 Å². The van der Waals surface area contributed by atoms with Gasteiger partial charge in [-0.15, -0.1) is 0 Å². The quantitative estimate of drug-likeness (QED) is 0.393. The van der Waals surface area contributed by atoms with Crippen molar-refractivity contribution >= 4 is 29.6 Å². The Bertz CT molecular complexity index is 1000. The van der Waals surface area contributed by atoms with Gasteiger partial charge in [0.15, 0.2) is 5.78 Å². The van der Waals surface area contributed by atoms with Crippen LogP contribution in [0.2, 0.25) is 0 Å². The first-order valence-corrected chi connectivity index (χ1v) is 13.6. The fourth-order valence-electron chi connectivity index (χ4n) is 7.93. The van der Waals surface area contributed by atoms with Gasteiger partial charge >= 0.3 is 17.9 Å². The van der Waals surface area contributed by atoms with Crippen LogP contribution in [0, 0.1) is 28.6 Å². The number of carboxylic acids is 2. The molecule has 0 aliphatic heterocycles. The fourth-order valence-corrected chi connectivity index (χ4v) is 7.93. The Balaban J connectivity index is 1.31. The van der Waals surface area contributed by atoms with Gasteiger partial charge in [-0.2, -0.15) is 0 Å². The molecular formula is C28H39NO8. The molecule has 9 nitrogen and oxygen atoms in total. The van der Waals surface area contributed by atoms with Crippen molar-refractivity contribution in [1.82, 2.24) is 5.32 Å². The highest BCUT2D eigenvalue weighted by atomic mass is 16.5. The highest BCUT2D eigenvalue weighted by molar-refractivity contribution is 5.91. The summed E-state index contributed by atoms with van der Waals surface area (Å²) in [6, 6.07) is -1.31. The zero-order valence-electron chi connectivity index (χ0n) is 21.8. The molecule has 4 aliphatic rings. The van der Waals surface area contributed by atoms with Crippen molar-refractivity contribution in [2.24, 2.45) is 28.6 Å². The molecule has 0 aromatic heterocycles. The minimum Gasteiger partial charge on any atom is -0.481 e. The standard InChI is InChI=1S/C28H39NO8/c1-27-13-11-17(30)15-16(27)3-4-18-19-5-7-22(28(19,2)14-12-20(18)27)37-25(34)10-8-23(31)29-21(26(35)36)6-9-24(32)33/h15,18-22H,3-14H2,1-2H3,(H,29,31)(H,32,33)(H,35,36)/t18-,19+,20-,21+,22+,27+,28+/m1/s1. The van der Waals surface area contributed by atoms with E-state index in [4.69, 9.17) is 9.84 Å². The summed E-state index contributed by atoms with van der Waals surface area (Å²) < 4.78 is 5.92. The first kappa shape index (κ1) is 27.3. The van der Waals surface area contributed by atoms with Gasteiger partial charge in [-0.05, 0) is 80.6 Å². The Hall–Kier alpha value is -2.71. The van der Waals surface area contributed by atoms with Crippen LogP contribution in [0.5, 0.6) is 0 Å². The molecule has 0 spiro atoms. The molecule has 37 heavy (non-hydrogen) atoms. The molecule has 7 atom stereocenters. The number of aliphatic carboxylic acids is 2. The van der Waals surface area contributed by atoms with E-state index < -0.39 is 29.9 Å². The molecule has 0 aromatic rings. The number of ketones is 1. The number of allylic oxidation sites excluding steroid dienone is 1. The zero-order valence-corrected chi connectivity index (χ0v) is 21.8. The number of carbonyl (C=O) groups excluding carboxylic acids is 3. The van der Waals surface area contributed by atoms with Crippen molar-refractivity contribution < 1.29 is 38.9 Å². The predicted molar refractivity (Wildman–Crippen MR) is 132 cm³/mol. The molecule has 204 valence electrons. The average molecular weight is 518 g/mol. The lowest BCUT2D eigenvalue weighted by Gasteiger charge is -2.57. The number of carbonyl (C=O) groups is 5. The summed E-state index contributed by atoms with van der Waals surface area (Å²) in [5, 5.41) is 20.2. The first-order valence-electron chi connectivity index (χ1n) is 13.6. The molecule has 9 heteroatoms. The Morgan fingerprint density at radius 2 is 1.76 bits per heavy atom. The number of carboxylic acid groups (broad SMARTS) is 2. The largest absolute Gasteiger partial charge is 0.481 e. The maximum atomic E-state index is 12.7. The van der Waals surface area contributed by atoms with Crippen LogP contribution in [0.25, 0.3) is 0 Å². The third-order valence-electron chi connectivity index (χ3n) is 9.99. The highest BCUT2D eigenvalue weighted by Crippen LogP contribution is 2.65. The topological polar surface area (TPSA) is 147 Å². The average Bonchev–Trinajstić information content (AvgIpc) is 3.16. The lowest BCUT2D eigenvalue weighted by atomic mass is 9.47. The van der Waals surface area contributed by atoms with Gasteiger partial charge in [-0.1, -0.05) is 19.4 Å². The van der Waals surface area contributed by atoms with Gasteiger partial charge in [0, 0.05) is 24.7 Å². The Labute approximate surface area is 217 Å². The number of hydrogen-bond acceptors (Lipinski definition) is 6. The van der Waals surface area contributed by atoms with Crippen LogP contribution in [-0.2, 0) is 28.7 Å². The molecule has 0 aromatic carbocycles. The van der Waals surface area contributed by atoms with Crippen molar-refractivity contribution in [3.05, 3.63) is 11.6 Å². The number of rotatable bonds is 9. The second-order valence-corrected chi connectivity index (χ2v) is 12.0. The smallest absolute Gasteiger partial charge is 0.326 e. The Morgan fingerprint density at radius 1 is 1.00 bits per heavy atom. The van der Waals surface area contributed by atoms with Gasteiger partial charge in [0.25, 0.3) is 0 Å². The lowest BCUT2D eigenvalue weighted by molar-refractivity contribution is -0.160. The van der Waals surface area contributed by atoms with E-state index >= 15 is 0 Å². The fraction of sp³-hybridized carbons (Fsp3) is 0.750. The molecule has 3 N–H and O–H groups in total. The number of nitrogens with one attached hydrogen (secondary N) is 1.